The zero-order valence-corrected chi connectivity index (χ0v) is 10.1. The normalized spacial score (nSPS) is 10.5. The van der Waals surface area contributed by atoms with Crippen LogP contribution >= 0.6 is 0 Å². The summed E-state index contributed by atoms with van der Waals surface area (Å²) in [5, 5.41) is 9.01. The maximum absolute atomic E-state index is 11.0. The number of benzene rings is 1. The largest absolute Gasteiger partial charge is 0.465 e. The molecule has 0 saturated heterocycles. The molecule has 0 aliphatic rings. The summed E-state index contributed by atoms with van der Waals surface area (Å²) in [4.78, 5) is 12.3. The van der Waals surface area contributed by atoms with Crippen molar-refractivity contribution in [3.8, 4) is 0 Å². The van der Waals surface area contributed by atoms with Crippen molar-refractivity contribution >= 4 is 11.8 Å². The fraction of sp³-hybridized carbons (Fsp3) is 0.462. The van der Waals surface area contributed by atoms with Crippen LogP contribution in [0.4, 0.5) is 10.5 Å². The molecule has 88 valence electrons. The third kappa shape index (κ3) is 2.54. The first-order valence-corrected chi connectivity index (χ1v) is 5.67. The topological polar surface area (TPSA) is 40.5 Å². The lowest BCUT2D eigenvalue weighted by molar-refractivity contribution is 0.203. The van der Waals surface area contributed by atoms with Crippen molar-refractivity contribution < 1.29 is 9.90 Å². The molecule has 1 aromatic rings. The second-order valence-corrected chi connectivity index (χ2v) is 3.91. The second kappa shape index (κ2) is 5.54. The molecule has 0 spiro atoms. The smallest absolute Gasteiger partial charge is 0.411 e. The van der Waals surface area contributed by atoms with Gasteiger partial charge in [-0.1, -0.05) is 32.0 Å². The van der Waals surface area contributed by atoms with E-state index in [4.69, 9.17) is 5.11 Å². The van der Waals surface area contributed by atoms with Gasteiger partial charge in [0.05, 0.1) is 5.69 Å². The van der Waals surface area contributed by atoms with Crippen LogP contribution in [-0.2, 0) is 0 Å². The van der Waals surface area contributed by atoms with Gasteiger partial charge < -0.3 is 5.11 Å². The minimum absolute atomic E-state index is 0.429. The van der Waals surface area contributed by atoms with Crippen molar-refractivity contribution in [1.82, 2.24) is 0 Å². The zero-order valence-electron chi connectivity index (χ0n) is 10.1. The predicted octanol–water partition coefficient (Wildman–Crippen LogP) is 3.70. The summed E-state index contributed by atoms with van der Waals surface area (Å²) in [5.74, 6) is 0.429. The van der Waals surface area contributed by atoms with Crippen LogP contribution < -0.4 is 4.90 Å². The minimum Gasteiger partial charge on any atom is -0.465 e. The molecule has 0 aromatic heterocycles. The highest BCUT2D eigenvalue weighted by molar-refractivity contribution is 5.86. The van der Waals surface area contributed by atoms with Crippen LogP contribution in [0.25, 0.3) is 0 Å². The van der Waals surface area contributed by atoms with E-state index in [0.717, 1.165) is 24.1 Å². The van der Waals surface area contributed by atoms with Crippen molar-refractivity contribution in [2.24, 2.45) is 0 Å². The van der Waals surface area contributed by atoms with Gasteiger partial charge in [-0.25, -0.2) is 4.79 Å². The molecule has 1 amide bonds. The maximum Gasteiger partial charge on any atom is 0.411 e. The van der Waals surface area contributed by atoms with E-state index in [2.05, 4.69) is 13.8 Å². The van der Waals surface area contributed by atoms with Crippen LogP contribution in [0.5, 0.6) is 0 Å². The third-order valence-electron chi connectivity index (χ3n) is 3.01. The van der Waals surface area contributed by atoms with Gasteiger partial charge in [0.25, 0.3) is 0 Å². The molecule has 0 fully saturated rings. The van der Waals surface area contributed by atoms with Crippen LogP contribution in [0.1, 0.15) is 38.2 Å². The van der Waals surface area contributed by atoms with Gasteiger partial charge in [-0.05, 0) is 30.4 Å². The van der Waals surface area contributed by atoms with E-state index in [1.54, 1.807) is 7.05 Å². The highest BCUT2D eigenvalue weighted by Crippen LogP contribution is 2.31. The Balaban J connectivity index is 3.13. The Labute approximate surface area is 96.7 Å². The van der Waals surface area contributed by atoms with Gasteiger partial charge in [-0.15, -0.1) is 0 Å². The van der Waals surface area contributed by atoms with Crippen molar-refractivity contribution in [2.45, 2.75) is 32.6 Å². The molecular formula is C13H19NO2. The first-order chi connectivity index (χ1) is 7.61. The van der Waals surface area contributed by atoms with E-state index in [9.17, 15) is 4.79 Å². The number of nitrogens with zero attached hydrogens (tertiary/aromatic N) is 1. The predicted molar refractivity (Wildman–Crippen MR) is 66.2 cm³/mol. The molecule has 0 unspecified atom stereocenters. The summed E-state index contributed by atoms with van der Waals surface area (Å²) in [6.45, 7) is 4.26. The Bertz CT molecular complexity index is 359. The number of anilines is 1. The number of carboxylic acid groups (broad SMARTS) is 1. The van der Waals surface area contributed by atoms with Crippen LogP contribution in [0.2, 0.25) is 0 Å². The molecule has 0 atom stereocenters. The van der Waals surface area contributed by atoms with Gasteiger partial charge in [0.15, 0.2) is 0 Å². The van der Waals surface area contributed by atoms with Gasteiger partial charge in [-0.2, -0.15) is 0 Å². The number of carbonyl (C=O) groups is 1. The molecule has 3 heteroatoms. The molecule has 16 heavy (non-hydrogen) atoms. The van der Waals surface area contributed by atoms with Gasteiger partial charge in [-0.3, -0.25) is 4.90 Å². The Morgan fingerprint density at radius 2 is 1.88 bits per heavy atom. The fourth-order valence-electron chi connectivity index (χ4n) is 1.97. The minimum atomic E-state index is -0.918. The second-order valence-electron chi connectivity index (χ2n) is 3.91. The maximum atomic E-state index is 11.0. The quantitative estimate of drug-likeness (QED) is 0.842. The summed E-state index contributed by atoms with van der Waals surface area (Å²) >= 11 is 0. The average Bonchev–Trinajstić information content (AvgIpc) is 2.30. The number of hydrogen-bond acceptors (Lipinski definition) is 1. The summed E-state index contributed by atoms with van der Waals surface area (Å²) < 4.78 is 0. The summed E-state index contributed by atoms with van der Waals surface area (Å²) in [7, 11) is 1.59. The number of rotatable bonds is 4. The molecule has 0 aliphatic heterocycles. The molecule has 0 heterocycles. The van der Waals surface area contributed by atoms with E-state index in [0.29, 0.717) is 5.92 Å². The first kappa shape index (κ1) is 12.6. The first-order valence-electron chi connectivity index (χ1n) is 5.67. The van der Waals surface area contributed by atoms with Crippen LogP contribution in [-0.4, -0.2) is 18.2 Å². The molecule has 1 aromatic carbocycles. The Morgan fingerprint density at radius 1 is 1.31 bits per heavy atom. The number of hydrogen-bond donors (Lipinski definition) is 1. The number of para-hydroxylation sites is 1. The lowest BCUT2D eigenvalue weighted by atomic mass is 9.92. The summed E-state index contributed by atoms with van der Waals surface area (Å²) in [6, 6.07) is 7.72. The van der Waals surface area contributed by atoms with E-state index < -0.39 is 6.09 Å². The molecule has 1 N–H and O–H groups in total. The summed E-state index contributed by atoms with van der Waals surface area (Å²) in [6.07, 6.45) is 1.14. The van der Waals surface area contributed by atoms with E-state index >= 15 is 0 Å². The monoisotopic (exact) mass is 221 g/mol. The van der Waals surface area contributed by atoms with E-state index in [-0.39, 0.29) is 0 Å². The molecule has 0 saturated carbocycles. The fourth-order valence-corrected chi connectivity index (χ4v) is 1.97. The van der Waals surface area contributed by atoms with Crippen molar-refractivity contribution in [3.63, 3.8) is 0 Å². The van der Waals surface area contributed by atoms with Gasteiger partial charge in [0.1, 0.15) is 0 Å². The van der Waals surface area contributed by atoms with E-state index in [1.165, 1.54) is 4.90 Å². The highest BCUT2D eigenvalue weighted by atomic mass is 16.4. The van der Waals surface area contributed by atoms with Crippen molar-refractivity contribution in [2.75, 3.05) is 11.9 Å². The standard InChI is InChI=1S/C13H19NO2/c1-4-10(5-2)11-8-6-7-9-12(11)14(3)13(15)16/h6-10H,4-5H2,1-3H3,(H,15,16). The molecular weight excluding hydrogens is 202 g/mol. The van der Waals surface area contributed by atoms with Crippen LogP contribution in [0, 0.1) is 0 Å². The Hall–Kier alpha value is -1.51. The molecule has 0 aliphatic carbocycles. The van der Waals surface area contributed by atoms with Crippen molar-refractivity contribution in [1.29, 1.82) is 0 Å². The highest BCUT2D eigenvalue weighted by Gasteiger charge is 2.17. The molecule has 0 bridgehead atoms. The Morgan fingerprint density at radius 3 is 2.38 bits per heavy atom. The molecule has 1 rings (SSSR count). The molecule has 0 radical (unpaired) electrons. The van der Waals surface area contributed by atoms with Crippen LogP contribution in [0.3, 0.4) is 0 Å². The zero-order chi connectivity index (χ0) is 12.1. The van der Waals surface area contributed by atoms with Gasteiger partial charge in [0, 0.05) is 7.05 Å². The molecule has 3 nitrogen and oxygen atoms in total. The number of amides is 1. The van der Waals surface area contributed by atoms with Crippen molar-refractivity contribution in [3.05, 3.63) is 29.8 Å². The summed E-state index contributed by atoms with van der Waals surface area (Å²) in [5.41, 5.74) is 1.92. The van der Waals surface area contributed by atoms with Gasteiger partial charge >= 0.3 is 6.09 Å². The lowest BCUT2D eigenvalue weighted by Gasteiger charge is -2.22. The lowest BCUT2D eigenvalue weighted by Crippen LogP contribution is -2.25. The van der Waals surface area contributed by atoms with Gasteiger partial charge in [0.2, 0.25) is 0 Å². The Kier molecular flexibility index (Phi) is 4.35. The van der Waals surface area contributed by atoms with E-state index in [1.807, 2.05) is 24.3 Å². The average molecular weight is 221 g/mol. The third-order valence-corrected chi connectivity index (χ3v) is 3.01. The SMILES string of the molecule is CCC(CC)c1ccccc1N(C)C(=O)O. The van der Waals surface area contributed by atoms with Crippen LogP contribution in [0.15, 0.2) is 24.3 Å².